The molecule has 0 bridgehead atoms. The van der Waals surface area contributed by atoms with Crippen molar-refractivity contribution in [2.24, 2.45) is 10.9 Å². The Labute approximate surface area is 136 Å². The van der Waals surface area contributed by atoms with E-state index in [0.29, 0.717) is 17.7 Å². The number of nitrogens with one attached hydrogen (secondary N) is 1. The molecule has 0 radical (unpaired) electrons. The molecule has 1 atom stereocenters. The minimum atomic E-state index is -0.0371. The van der Waals surface area contributed by atoms with Gasteiger partial charge in [0.2, 0.25) is 5.96 Å². The molecule has 0 spiro atoms. The van der Waals surface area contributed by atoms with Gasteiger partial charge in [0.15, 0.2) is 5.82 Å². The molecule has 1 amide bonds. The molecular weight excluding hydrogens is 302 g/mol. The molecule has 4 rings (SSSR count). The van der Waals surface area contributed by atoms with E-state index in [2.05, 4.69) is 14.9 Å². The Morgan fingerprint density at radius 1 is 1.23 bits per heavy atom. The quantitative estimate of drug-likeness (QED) is 0.862. The Kier molecular flexibility index (Phi) is 3.89. The molecule has 1 aliphatic carbocycles. The lowest BCUT2D eigenvalue weighted by Gasteiger charge is -2.30. The van der Waals surface area contributed by atoms with E-state index < -0.39 is 0 Å². The van der Waals surface area contributed by atoms with Crippen LogP contribution in [0, 0.1) is 12.8 Å². The van der Waals surface area contributed by atoms with Gasteiger partial charge in [-0.05, 0) is 25.7 Å². The Hall–Kier alpha value is -1.56. The van der Waals surface area contributed by atoms with Gasteiger partial charge in [-0.3, -0.25) is 14.6 Å². The summed E-state index contributed by atoms with van der Waals surface area (Å²) < 4.78 is 0. The number of anilines is 1. The second kappa shape index (κ2) is 5.57. The Bertz CT molecular complexity index is 619. The fraction of sp³-hybridized carbons (Fsp3) is 0.667. The van der Waals surface area contributed by atoms with Crippen molar-refractivity contribution in [3.05, 3.63) is 11.5 Å². The monoisotopic (exact) mass is 323 g/mol. The summed E-state index contributed by atoms with van der Waals surface area (Å²) in [5.41, 5.74) is 0.596. The summed E-state index contributed by atoms with van der Waals surface area (Å²) >= 11 is 0. The van der Waals surface area contributed by atoms with Crippen LogP contribution in [0.5, 0.6) is 0 Å². The summed E-state index contributed by atoms with van der Waals surface area (Å²) in [6.07, 6.45) is 6.50. The van der Waals surface area contributed by atoms with Crippen LogP contribution in [-0.4, -0.2) is 46.4 Å². The van der Waals surface area contributed by atoms with Crippen LogP contribution in [0.15, 0.2) is 4.99 Å². The third-order valence-electron chi connectivity index (χ3n) is 4.96. The van der Waals surface area contributed by atoms with Crippen molar-refractivity contribution >= 4 is 30.1 Å². The van der Waals surface area contributed by atoms with E-state index in [-0.39, 0.29) is 18.3 Å². The van der Waals surface area contributed by atoms with Gasteiger partial charge in [-0.1, -0.05) is 19.3 Å². The third kappa shape index (κ3) is 2.20. The number of hydrogen-bond donors (Lipinski definition) is 1. The second-order valence-electron chi connectivity index (χ2n) is 6.39. The molecule has 1 saturated carbocycles. The first-order chi connectivity index (χ1) is 10.1. The van der Waals surface area contributed by atoms with E-state index in [1.54, 1.807) is 11.9 Å². The molecule has 1 aromatic rings. The summed E-state index contributed by atoms with van der Waals surface area (Å²) in [4.78, 5) is 28.6. The molecule has 1 unspecified atom stereocenters. The molecule has 1 N–H and O–H groups in total. The van der Waals surface area contributed by atoms with Gasteiger partial charge in [0.25, 0.3) is 5.91 Å². The lowest BCUT2D eigenvalue weighted by molar-refractivity contribution is 0.0860. The highest BCUT2D eigenvalue weighted by Crippen LogP contribution is 2.35. The fourth-order valence-electron chi connectivity index (χ4n) is 3.83. The molecule has 0 saturated heterocycles. The van der Waals surface area contributed by atoms with Crippen molar-refractivity contribution in [1.82, 2.24) is 14.9 Å². The molecule has 3 heterocycles. The standard InChI is InChI=1S/C15H21N5O.ClH/c1-9-16-12-13(17-9)20-8-11(10-6-4-3-5-7-10)18-15(20)19(2)14(12)21;/h10-11H,3-8H2,1-2H3,(H,16,17);1H. The van der Waals surface area contributed by atoms with Crippen molar-refractivity contribution in [3.8, 4) is 0 Å². The summed E-state index contributed by atoms with van der Waals surface area (Å²) in [5, 5.41) is 0. The first-order valence-electron chi connectivity index (χ1n) is 7.85. The fourth-order valence-corrected chi connectivity index (χ4v) is 3.83. The SMILES string of the molecule is Cc1nc2c([nH]1)C(=O)N(C)C1=NC(C3CCCCC3)CN12.Cl. The van der Waals surface area contributed by atoms with E-state index in [4.69, 9.17) is 4.99 Å². The van der Waals surface area contributed by atoms with Crippen LogP contribution < -0.4 is 4.90 Å². The number of hydrogen-bond acceptors (Lipinski definition) is 4. The van der Waals surface area contributed by atoms with Gasteiger partial charge in [0.05, 0.1) is 12.6 Å². The highest BCUT2D eigenvalue weighted by Gasteiger charge is 2.42. The third-order valence-corrected chi connectivity index (χ3v) is 4.96. The van der Waals surface area contributed by atoms with Crippen LogP contribution in [0.3, 0.4) is 0 Å². The van der Waals surface area contributed by atoms with Gasteiger partial charge in [0.1, 0.15) is 11.5 Å². The van der Waals surface area contributed by atoms with Gasteiger partial charge in [-0.15, -0.1) is 12.4 Å². The van der Waals surface area contributed by atoms with E-state index in [1.165, 1.54) is 32.1 Å². The maximum absolute atomic E-state index is 12.4. The van der Waals surface area contributed by atoms with Crippen LogP contribution in [0.1, 0.15) is 48.4 Å². The number of amides is 1. The molecule has 22 heavy (non-hydrogen) atoms. The minimum absolute atomic E-state index is 0. The second-order valence-corrected chi connectivity index (χ2v) is 6.39. The van der Waals surface area contributed by atoms with Crippen LogP contribution in [-0.2, 0) is 0 Å². The van der Waals surface area contributed by atoms with Gasteiger partial charge in [-0.25, -0.2) is 9.98 Å². The van der Waals surface area contributed by atoms with Gasteiger partial charge < -0.3 is 4.98 Å². The number of aliphatic imine (C=N–C) groups is 1. The van der Waals surface area contributed by atoms with Crippen molar-refractivity contribution in [1.29, 1.82) is 0 Å². The molecule has 7 heteroatoms. The maximum Gasteiger partial charge on any atom is 0.280 e. The van der Waals surface area contributed by atoms with Gasteiger partial charge in [-0.2, -0.15) is 0 Å². The Morgan fingerprint density at radius 3 is 2.68 bits per heavy atom. The predicted molar refractivity (Wildman–Crippen MR) is 87.8 cm³/mol. The van der Waals surface area contributed by atoms with Crippen LogP contribution >= 0.6 is 12.4 Å². The van der Waals surface area contributed by atoms with Crippen LogP contribution in [0.2, 0.25) is 0 Å². The summed E-state index contributed by atoms with van der Waals surface area (Å²) in [5.74, 6) is 2.93. The molecule has 1 fully saturated rings. The number of carbonyl (C=O) groups excluding carboxylic acids is 1. The lowest BCUT2D eigenvalue weighted by atomic mass is 9.84. The number of H-pyrrole nitrogens is 1. The number of rotatable bonds is 1. The van der Waals surface area contributed by atoms with Crippen LogP contribution in [0.4, 0.5) is 5.82 Å². The van der Waals surface area contributed by atoms with E-state index >= 15 is 0 Å². The maximum atomic E-state index is 12.4. The number of aromatic amines is 1. The van der Waals surface area contributed by atoms with Crippen molar-refractivity contribution in [2.45, 2.75) is 45.1 Å². The van der Waals surface area contributed by atoms with Crippen molar-refractivity contribution in [3.63, 3.8) is 0 Å². The highest BCUT2D eigenvalue weighted by molar-refractivity contribution is 6.17. The van der Waals surface area contributed by atoms with Crippen LogP contribution in [0.25, 0.3) is 0 Å². The molecule has 1 aromatic heterocycles. The number of fused-ring (bicyclic) bond motifs is 3. The number of halogens is 1. The van der Waals surface area contributed by atoms with Crippen molar-refractivity contribution in [2.75, 3.05) is 18.5 Å². The smallest absolute Gasteiger partial charge is 0.280 e. The number of guanidine groups is 1. The molecule has 3 aliphatic rings. The van der Waals surface area contributed by atoms with E-state index in [9.17, 15) is 4.79 Å². The Morgan fingerprint density at radius 2 is 1.95 bits per heavy atom. The van der Waals surface area contributed by atoms with E-state index in [0.717, 1.165) is 24.1 Å². The van der Waals surface area contributed by atoms with Gasteiger partial charge >= 0.3 is 0 Å². The summed E-state index contributed by atoms with van der Waals surface area (Å²) in [6, 6.07) is 0.304. The Balaban J connectivity index is 0.00000144. The molecule has 120 valence electrons. The number of imidazole rings is 1. The number of aryl methyl sites for hydroxylation is 1. The number of nitrogens with zero attached hydrogens (tertiary/aromatic N) is 4. The van der Waals surface area contributed by atoms with E-state index in [1.807, 2.05) is 6.92 Å². The molecule has 2 aliphatic heterocycles. The lowest BCUT2D eigenvalue weighted by Crippen LogP contribution is -2.48. The predicted octanol–water partition coefficient (Wildman–Crippen LogP) is 2.35. The number of carbonyl (C=O) groups is 1. The summed E-state index contributed by atoms with van der Waals surface area (Å²) in [6.45, 7) is 2.74. The topological polar surface area (TPSA) is 64.6 Å². The average molecular weight is 324 g/mol. The zero-order valence-electron chi connectivity index (χ0n) is 13.0. The molecular formula is C15H22ClN5O. The number of aromatic nitrogens is 2. The first kappa shape index (κ1) is 15.3. The normalized spacial score (nSPS) is 24.7. The highest BCUT2D eigenvalue weighted by atomic mass is 35.5. The van der Waals surface area contributed by atoms with Gasteiger partial charge in [0, 0.05) is 7.05 Å². The largest absolute Gasteiger partial charge is 0.336 e. The zero-order chi connectivity index (χ0) is 14.6. The first-order valence-corrected chi connectivity index (χ1v) is 7.85. The summed E-state index contributed by atoms with van der Waals surface area (Å²) in [7, 11) is 1.80. The zero-order valence-corrected chi connectivity index (χ0v) is 13.8. The van der Waals surface area contributed by atoms with Crippen molar-refractivity contribution < 1.29 is 4.79 Å². The molecule has 0 aromatic carbocycles. The average Bonchev–Trinajstić information content (AvgIpc) is 3.09. The molecule has 6 nitrogen and oxygen atoms in total. The minimum Gasteiger partial charge on any atom is -0.336 e.